The minimum Gasteiger partial charge on any atom is -0.487 e. The molecule has 0 aliphatic heterocycles. The van der Waals surface area contributed by atoms with Crippen LogP contribution < -0.4 is 20.1 Å². The second kappa shape index (κ2) is 13.9. The number of ether oxygens (including phenoxy) is 2. The maximum atomic E-state index is 13.4. The molecule has 220 valence electrons. The summed E-state index contributed by atoms with van der Waals surface area (Å²) in [4.78, 5) is 25.6. The van der Waals surface area contributed by atoms with Gasteiger partial charge in [0.1, 0.15) is 28.9 Å². The van der Waals surface area contributed by atoms with Crippen LogP contribution >= 0.6 is 0 Å². The first-order valence-corrected chi connectivity index (χ1v) is 14.7. The number of hydrogen-bond acceptors (Lipinski definition) is 6. The number of alkyl carbamates (subject to hydrolysis) is 1. The number of nitrogens with one attached hydrogen (secondary N) is 3. The molecule has 0 heterocycles. The molecule has 0 bridgehead atoms. The first-order chi connectivity index (χ1) is 18.8. The number of amides is 2. The molecule has 2 aromatic carbocycles. The molecule has 1 aliphatic rings. The summed E-state index contributed by atoms with van der Waals surface area (Å²) < 4.78 is 64.0. The number of anilines is 1. The average molecular weight is 582 g/mol. The zero-order valence-corrected chi connectivity index (χ0v) is 23.7. The molecule has 0 aromatic heterocycles. The summed E-state index contributed by atoms with van der Waals surface area (Å²) in [7, 11) is -4.34. The summed E-state index contributed by atoms with van der Waals surface area (Å²) in [6.07, 6.45) is 0.834. The zero-order valence-electron chi connectivity index (χ0n) is 22.9. The van der Waals surface area contributed by atoms with Crippen LogP contribution in [0.15, 0.2) is 53.4 Å². The van der Waals surface area contributed by atoms with Gasteiger partial charge in [0.15, 0.2) is 0 Å². The first kappa shape index (κ1) is 31.3. The van der Waals surface area contributed by atoms with Crippen LogP contribution in [0.5, 0.6) is 5.75 Å². The van der Waals surface area contributed by atoms with Crippen molar-refractivity contribution in [2.24, 2.45) is 5.92 Å². The van der Waals surface area contributed by atoms with Gasteiger partial charge in [0.25, 0.3) is 6.43 Å². The Labute approximate surface area is 234 Å². The van der Waals surface area contributed by atoms with Crippen LogP contribution in [0, 0.1) is 5.92 Å². The third-order valence-electron chi connectivity index (χ3n) is 6.24. The van der Waals surface area contributed by atoms with Gasteiger partial charge in [0.05, 0.1) is 6.54 Å². The lowest BCUT2D eigenvalue weighted by atomic mass is 9.83. The third kappa shape index (κ3) is 9.74. The van der Waals surface area contributed by atoms with Crippen molar-refractivity contribution in [1.29, 1.82) is 0 Å². The Morgan fingerprint density at radius 3 is 2.33 bits per heavy atom. The fraction of sp³-hybridized carbons (Fsp3) is 0.500. The van der Waals surface area contributed by atoms with Crippen LogP contribution in [-0.2, 0) is 26.2 Å². The molecule has 2 aromatic rings. The number of alkyl halides is 2. The molecule has 0 saturated heterocycles. The minimum atomic E-state index is -4.34. The number of hydrogen-bond donors (Lipinski definition) is 3. The number of benzene rings is 2. The molecule has 0 radical (unpaired) electrons. The molecule has 40 heavy (non-hydrogen) atoms. The molecular weight excluding hydrogens is 544 g/mol. The van der Waals surface area contributed by atoms with Gasteiger partial charge >= 0.3 is 6.09 Å². The fourth-order valence-corrected chi connectivity index (χ4v) is 5.56. The van der Waals surface area contributed by atoms with E-state index in [2.05, 4.69) is 10.6 Å². The Morgan fingerprint density at radius 2 is 1.70 bits per heavy atom. The summed E-state index contributed by atoms with van der Waals surface area (Å²) in [5, 5.41) is 5.46. The second-order valence-electron chi connectivity index (χ2n) is 10.7. The molecular formula is C28H37F2N3O6S. The van der Waals surface area contributed by atoms with Gasteiger partial charge in [-0.2, -0.15) is 0 Å². The van der Waals surface area contributed by atoms with E-state index in [0.29, 0.717) is 0 Å². The van der Waals surface area contributed by atoms with Crippen molar-refractivity contribution in [3.05, 3.63) is 54.1 Å². The quantitative estimate of drug-likeness (QED) is 0.334. The molecule has 0 unspecified atom stereocenters. The minimum absolute atomic E-state index is 0.000502. The van der Waals surface area contributed by atoms with Crippen LogP contribution in [0.25, 0.3) is 0 Å². The predicted molar refractivity (Wildman–Crippen MR) is 147 cm³/mol. The maximum Gasteiger partial charge on any atom is 0.408 e. The molecule has 12 heteroatoms. The van der Waals surface area contributed by atoms with E-state index in [0.717, 1.165) is 37.7 Å². The lowest BCUT2D eigenvalue weighted by Crippen LogP contribution is -2.50. The molecule has 1 aliphatic carbocycles. The van der Waals surface area contributed by atoms with E-state index >= 15 is 0 Å². The van der Waals surface area contributed by atoms with Crippen LogP contribution in [0.4, 0.5) is 19.3 Å². The van der Waals surface area contributed by atoms with Gasteiger partial charge in [-0.1, -0.05) is 49.6 Å². The van der Waals surface area contributed by atoms with E-state index in [-0.39, 0.29) is 28.9 Å². The molecule has 9 nitrogen and oxygen atoms in total. The van der Waals surface area contributed by atoms with E-state index in [1.807, 2.05) is 10.8 Å². The molecule has 1 atom stereocenters. The summed E-state index contributed by atoms with van der Waals surface area (Å²) >= 11 is 0. The van der Waals surface area contributed by atoms with Gasteiger partial charge in [-0.3, -0.25) is 4.79 Å². The Hall–Kier alpha value is -3.25. The highest BCUT2D eigenvalue weighted by Crippen LogP contribution is 2.31. The smallest absolute Gasteiger partial charge is 0.408 e. The van der Waals surface area contributed by atoms with Gasteiger partial charge in [-0.05, 0) is 57.2 Å². The fourth-order valence-electron chi connectivity index (χ4n) is 4.43. The van der Waals surface area contributed by atoms with Crippen molar-refractivity contribution < 1.29 is 36.3 Å². The Kier molecular flexibility index (Phi) is 10.9. The molecule has 0 spiro atoms. The number of carbonyl (C=O) groups is 2. The van der Waals surface area contributed by atoms with Crippen molar-refractivity contribution in [3.63, 3.8) is 0 Å². The Bertz CT molecular complexity index is 1250. The summed E-state index contributed by atoms with van der Waals surface area (Å²) in [6, 6.07) is 11.9. The number of halogens is 2. The van der Waals surface area contributed by atoms with E-state index < -0.39 is 46.6 Å². The SMILES string of the molecule is CC(C)(C)OC(=O)N[C@H](C(=O)Nc1ccc(S(=O)(=O)NCC(F)F)c(OCc2ccccc2)c1)C1CCCCC1. The second-order valence-corrected chi connectivity index (χ2v) is 12.4. The van der Waals surface area contributed by atoms with Gasteiger partial charge in [-0.25, -0.2) is 26.7 Å². The summed E-state index contributed by atoms with van der Waals surface area (Å²) in [5.74, 6) is -0.718. The van der Waals surface area contributed by atoms with Crippen molar-refractivity contribution in [3.8, 4) is 5.75 Å². The highest BCUT2D eigenvalue weighted by Gasteiger charge is 2.33. The van der Waals surface area contributed by atoms with Crippen molar-refractivity contribution in [2.75, 3.05) is 11.9 Å². The van der Waals surface area contributed by atoms with Gasteiger partial charge < -0.3 is 20.1 Å². The predicted octanol–water partition coefficient (Wildman–Crippen LogP) is 5.22. The molecule has 3 N–H and O–H groups in total. The monoisotopic (exact) mass is 581 g/mol. The van der Waals surface area contributed by atoms with Crippen LogP contribution in [0.1, 0.15) is 58.4 Å². The Morgan fingerprint density at radius 1 is 1.02 bits per heavy atom. The average Bonchev–Trinajstić information content (AvgIpc) is 2.89. The van der Waals surface area contributed by atoms with Crippen LogP contribution in [-0.4, -0.2) is 45.0 Å². The van der Waals surface area contributed by atoms with Crippen molar-refractivity contribution >= 4 is 27.7 Å². The standard InChI is InChI=1S/C28H37F2N3O6S/c1-28(2,3)39-27(35)33-25(20-12-8-5-9-13-20)26(34)32-21-14-15-23(40(36,37)31-17-24(29)30)22(16-21)38-18-19-10-6-4-7-11-19/h4,6-7,10-11,14-16,20,24-25,31H,5,8-9,12-13,17-18H2,1-3H3,(H,32,34)(H,33,35)/t25-/m0/s1. The largest absolute Gasteiger partial charge is 0.487 e. The van der Waals surface area contributed by atoms with Crippen molar-refractivity contribution in [2.45, 2.75) is 82.4 Å². The van der Waals surface area contributed by atoms with Gasteiger partial charge in [-0.15, -0.1) is 0 Å². The van der Waals surface area contributed by atoms with E-state index in [9.17, 15) is 26.8 Å². The van der Waals surface area contributed by atoms with E-state index in [1.54, 1.807) is 45.0 Å². The number of rotatable bonds is 11. The topological polar surface area (TPSA) is 123 Å². The lowest BCUT2D eigenvalue weighted by molar-refractivity contribution is -0.119. The maximum absolute atomic E-state index is 13.4. The van der Waals surface area contributed by atoms with Gasteiger partial charge in [0.2, 0.25) is 15.9 Å². The number of carbonyl (C=O) groups excluding carboxylic acids is 2. The summed E-state index contributed by atoms with van der Waals surface area (Å²) in [6.45, 7) is 4.12. The zero-order chi connectivity index (χ0) is 29.3. The highest BCUT2D eigenvalue weighted by atomic mass is 32.2. The highest BCUT2D eigenvalue weighted by molar-refractivity contribution is 7.89. The van der Waals surface area contributed by atoms with Crippen LogP contribution in [0.2, 0.25) is 0 Å². The lowest BCUT2D eigenvalue weighted by Gasteiger charge is -2.31. The summed E-state index contributed by atoms with van der Waals surface area (Å²) in [5.41, 5.74) is 0.218. The van der Waals surface area contributed by atoms with E-state index in [4.69, 9.17) is 9.47 Å². The molecule has 1 saturated carbocycles. The van der Waals surface area contributed by atoms with Gasteiger partial charge in [0, 0.05) is 11.8 Å². The first-order valence-electron chi connectivity index (χ1n) is 13.2. The van der Waals surface area contributed by atoms with Crippen LogP contribution in [0.3, 0.4) is 0 Å². The number of sulfonamides is 1. The molecule has 3 rings (SSSR count). The van der Waals surface area contributed by atoms with E-state index in [1.165, 1.54) is 18.2 Å². The normalized spacial score (nSPS) is 15.3. The van der Waals surface area contributed by atoms with Crippen molar-refractivity contribution in [1.82, 2.24) is 10.0 Å². The molecule has 2 amide bonds. The third-order valence-corrected chi connectivity index (χ3v) is 7.70. The Balaban J connectivity index is 1.86. The molecule has 1 fully saturated rings.